The molecule has 3 heteroatoms. The lowest BCUT2D eigenvalue weighted by atomic mass is 10.2. The van der Waals surface area contributed by atoms with E-state index in [0.29, 0.717) is 12.6 Å². The van der Waals surface area contributed by atoms with Gasteiger partial charge in [-0.2, -0.15) is 0 Å². The van der Waals surface area contributed by atoms with Crippen LogP contribution in [0.25, 0.3) is 0 Å². The predicted octanol–water partition coefficient (Wildman–Crippen LogP) is 1.13. The standard InChI is InChI=1S/C11H26N2O/c1-11(7-9-12-2)13-8-5-3-4-6-10-14/h11-14H,3-10H2,1-2H3. The maximum atomic E-state index is 8.59. The normalized spacial score (nSPS) is 13.1. The highest BCUT2D eigenvalue weighted by Crippen LogP contribution is 1.98. The molecule has 1 atom stereocenters. The van der Waals surface area contributed by atoms with E-state index in [2.05, 4.69) is 17.6 Å². The van der Waals surface area contributed by atoms with Crippen molar-refractivity contribution in [2.45, 2.75) is 45.1 Å². The van der Waals surface area contributed by atoms with Gasteiger partial charge < -0.3 is 15.7 Å². The van der Waals surface area contributed by atoms with Crippen molar-refractivity contribution in [2.24, 2.45) is 0 Å². The Labute approximate surface area is 88.3 Å². The third-order valence-corrected chi connectivity index (χ3v) is 2.41. The number of nitrogens with one attached hydrogen (secondary N) is 2. The molecule has 0 aromatic carbocycles. The summed E-state index contributed by atoms with van der Waals surface area (Å²) >= 11 is 0. The average Bonchev–Trinajstić information content (AvgIpc) is 2.20. The summed E-state index contributed by atoms with van der Waals surface area (Å²) in [7, 11) is 1.99. The van der Waals surface area contributed by atoms with E-state index in [1.165, 1.54) is 19.3 Å². The zero-order chi connectivity index (χ0) is 10.6. The molecule has 0 aliphatic heterocycles. The van der Waals surface area contributed by atoms with Crippen molar-refractivity contribution in [3.63, 3.8) is 0 Å². The van der Waals surface area contributed by atoms with Gasteiger partial charge in [-0.1, -0.05) is 12.8 Å². The molecule has 3 nitrogen and oxygen atoms in total. The fourth-order valence-corrected chi connectivity index (χ4v) is 1.40. The molecule has 0 bridgehead atoms. The van der Waals surface area contributed by atoms with Crippen LogP contribution in [0.1, 0.15) is 39.0 Å². The Morgan fingerprint density at radius 3 is 2.43 bits per heavy atom. The molecule has 1 unspecified atom stereocenters. The molecule has 86 valence electrons. The summed E-state index contributed by atoms with van der Waals surface area (Å²) in [5.41, 5.74) is 0. The molecule has 0 radical (unpaired) electrons. The molecular formula is C11H26N2O. The molecule has 0 spiro atoms. The van der Waals surface area contributed by atoms with Crippen LogP contribution in [-0.4, -0.2) is 37.9 Å². The molecule has 3 N–H and O–H groups in total. The van der Waals surface area contributed by atoms with Gasteiger partial charge in [-0.05, 0) is 46.3 Å². The van der Waals surface area contributed by atoms with E-state index in [-0.39, 0.29) is 0 Å². The molecule has 0 aliphatic carbocycles. The zero-order valence-electron chi connectivity index (χ0n) is 9.68. The van der Waals surface area contributed by atoms with Crippen molar-refractivity contribution in [1.82, 2.24) is 10.6 Å². The first-order chi connectivity index (χ1) is 6.81. The fraction of sp³-hybridized carbons (Fsp3) is 1.00. The van der Waals surface area contributed by atoms with Crippen molar-refractivity contribution in [3.8, 4) is 0 Å². The molecule has 0 aromatic heterocycles. The highest BCUT2D eigenvalue weighted by Gasteiger charge is 1.98. The average molecular weight is 202 g/mol. The van der Waals surface area contributed by atoms with Gasteiger partial charge in [0, 0.05) is 12.6 Å². The second-order valence-electron chi connectivity index (χ2n) is 3.89. The first kappa shape index (κ1) is 13.9. The van der Waals surface area contributed by atoms with Gasteiger partial charge in [-0.15, -0.1) is 0 Å². The van der Waals surface area contributed by atoms with Crippen LogP contribution in [0.2, 0.25) is 0 Å². The lowest BCUT2D eigenvalue weighted by molar-refractivity contribution is 0.282. The van der Waals surface area contributed by atoms with E-state index in [0.717, 1.165) is 25.9 Å². The van der Waals surface area contributed by atoms with Crippen molar-refractivity contribution in [1.29, 1.82) is 0 Å². The Balaban J connectivity index is 3.02. The number of aliphatic hydroxyl groups excluding tert-OH is 1. The van der Waals surface area contributed by atoms with Gasteiger partial charge in [-0.25, -0.2) is 0 Å². The quantitative estimate of drug-likeness (QED) is 0.465. The van der Waals surface area contributed by atoms with E-state index in [1.807, 2.05) is 7.05 Å². The van der Waals surface area contributed by atoms with E-state index >= 15 is 0 Å². The number of hydrogen-bond donors (Lipinski definition) is 3. The summed E-state index contributed by atoms with van der Waals surface area (Å²) in [6.45, 7) is 4.76. The van der Waals surface area contributed by atoms with Gasteiger partial charge in [0.25, 0.3) is 0 Å². The molecule has 0 aromatic rings. The van der Waals surface area contributed by atoms with E-state index < -0.39 is 0 Å². The van der Waals surface area contributed by atoms with Gasteiger partial charge in [0.1, 0.15) is 0 Å². The Hall–Kier alpha value is -0.120. The monoisotopic (exact) mass is 202 g/mol. The van der Waals surface area contributed by atoms with Crippen LogP contribution in [0, 0.1) is 0 Å². The van der Waals surface area contributed by atoms with E-state index in [1.54, 1.807) is 0 Å². The zero-order valence-corrected chi connectivity index (χ0v) is 9.68. The number of hydrogen-bond acceptors (Lipinski definition) is 3. The molecule has 14 heavy (non-hydrogen) atoms. The minimum absolute atomic E-state index is 0.339. The van der Waals surface area contributed by atoms with Crippen LogP contribution in [0.15, 0.2) is 0 Å². The Morgan fingerprint density at radius 1 is 1.07 bits per heavy atom. The number of unbranched alkanes of at least 4 members (excludes halogenated alkanes) is 3. The van der Waals surface area contributed by atoms with E-state index in [9.17, 15) is 0 Å². The molecule has 0 saturated heterocycles. The van der Waals surface area contributed by atoms with Crippen LogP contribution in [0.3, 0.4) is 0 Å². The molecule has 0 fully saturated rings. The molecule has 0 aliphatic rings. The summed E-state index contributed by atoms with van der Waals surface area (Å²) < 4.78 is 0. The minimum Gasteiger partial charge on any atom is -0.396 e. The third-order valence-electron chi connectivity index (χ3n) is 2.41. The summed E-state index contributed by atoms with van der Waals surface area (Å²) in [5, 5.41) is 15.2. The Bertz CT molecular complexity index is 109. The Kier molecular flexibility index (Phi) is 10.9. The summed E-state index contributed by atoms with van der Waals surface area (Å²) in [6.07, 6.45) is 5.75. The second kappa shape index (κ2) is 11.0. The minimum atomic E-state index is 0.339. The molecular weight excluding hydrogens is 176 g/mol. The third kappa shape index (κ3) is 9.96. The lowest BCUT2D eigenvalue weighted by Crippen LogP contribution is -2.29. The summed E-state index contributed by atoms with van der Waals surface area (Å²) in [6, 6.07) is 0.611. The molecule has 0 rings (SSSR count). The number of rotatable bonds is 10. The van der Waals surface area contributed by atoms with Crippen molar-refractivity contribution in [3.05, 3.63) is 0 Å². The first-order valence-corrected chi connectivity index (χ1v) is 5.80. The van der Waals surface area contributed by atoms with Crippen molar-refractivity contribution in [2.75, 3.05) is 26.7 Å². The highest BCUT2D eigenvalue weighted by atomic mass is 16.2. The smallest absolute Gasteiger partial charge is 0.0431 e. The molecule has 0 heterocycles. The maximum Gasteiger partial charge on any atom is 0.0431 e. The second-order valence-corrected chi connectivity index (χ2v) is 3.89. The fourth-order valence-electron chi connectivity index (χ4n) is 1.40. The van der Waals surface area contributed by atoms with Gasteiger partial charge in [0.2, 0.25) is 0 Å². The summed E-state index contributed by atoms with van der Waals surface area (Å²) in [4.78, 5) is 0. The number of aliphatic hydroxyl groups is 1. The SMILES string of the molecule is CNCCC(C)NCCCCCCO. The van der Waals surface area contributed by atoms with Crippen LogP contribution < -0.4 is 10.6 Å². The van der Waals surface area contributed by atoms with Gasteiger partial charge in [0.05, 0.1) is 0 Å². The summed E-state index contributed by atoms with van der Waals surface area (Å²) in [5.74, 6) is 0. The lowest BCUT2D eigenvalue weighted by Gasteiger charge is -2.12. The largest absolute Gasteiger partial charge is 0.396 e. The van der Waals surface area contributed by atoms with E-state index in [4.69, 9.17) is 5.11 Å². The van der Waals surface area contributed by atoms with Gasteiger partial charge in [0.15, 0.2) is 0 Å². The Morgan fingerprint density at radius 2 is 1.79 bits per heavy atom. The van der Waals surface area contributed by atoms with Gasteiger partial charge in [-0.3, -0.25) is 0 Å². The van der Waals surface area contributed by atoms with Crippen LogP contribution in [0.5, 0.6) is 0 Å². The van der Waals surface area contributed by atoms with Crippen LogP contribution >= 0.6 is 0 Å². The highest BCUT2D eigenvalue weighted by molar-refractivity contribution is 4.61. The molecule has 0 amide bonds. The van der Waals surface area contributed by atoms with Gasteiger partial charge >= 0.3 is 0 Å². The first-order valence-electron chi connectivity index (χ1n) is 5.80. The van der Waals surface area contributed by atoms with Crippen molar-refractivity contribution < 1.29 is 5.11 Å². The van der Waals surface area contributed by atoms with Crippen molar-refractivity contribution >= 4 is 0 Å². The van der Waals surface area contributed by atoms with Crippen LogP contribution in [0.4, 0.5) is 0 Å². The molecule has 0 saturated carbocycles. The predicted molar refractivity (Wildman–Crippen MR) is 61.6 cm³/mol. The topological polar surface area (TPSA) is 44.3 Å². The maximum absolute atomic E-state index is 8.59. The van der Waals surface area contributed by atoms with Crippen LogP contribution in [-0.2, 0) is 0 Å².